The fourth-order valence-corrected chi connectivity index (χ4v) is 2.98. The van der Waals surface area contributed by atoms with Gasteiger partial charge in [-0.05, 0) is 45.4 Å². The lowest BCUT2D eigenvalue weighted by atomic mass is 10.0. The molecule has 0 aliphatic rings. The van der Waals surface area contributed by atoms with Crippen molar-refractivity contribution in [1.29, 1.82) is 0 Å². The second-order valence-corrected chi connectivity index (χ2v) is 6.37. The van der Waals surface area contributed by atoms with Crippen molar-refractivity contribution in [3.63, 3.8) is 0 Å². The van der Waals surface area contributed by atoms with Gasteiger partial charge in [-0.25, -0.2) is 9.59 Å². The Labute approximate surface area is 157 Å². The van der Waals surface area contributed by atoms with Crippen LogP contribution < -0.4 is 10.4 Å². The molecule has 1 atom stereocenters. The summed E-state index contributed by atoms with van der Waals surface area (Å²) in [5, 5.41) is 0.851. The highest BCUT2D eigenvalue weighted by Gasteiger charge is 2.25. The zero-order valence-electron chi connectivity index (χ0n) is 15.9. The predicted octanol–water partition coefficient (Wildman–Crippen LogP) is 4.40. The molecule has 0 N–H and O–H groups in total. The Balaban J connectivity index is 2.07. The average Bonchev–Trinajstić information content (AvgIpc) is 2.67. The number of carbonyl (C=O) groups excluding carboxylic acids is 1. The topological polar surface area (TPSA) is 65.7 Å². The fraction of sp³-hybridized carbons (Fsp3) is 0.273. The molecule has 0 aliphatic carbocycles. The Kier molecular flexibility index (Phi) is 5.31. The van der Waals surface area contributed by atoms with Crippen LogP contribution in [0.1, 0.15) is 35.3 Å². The summed E-state index contributed by atoms with van der Waals surface area (Å²) in [5.41, 5.74) is 2.92. The molecule has 0 saturated heterocycles. The monoisotopic (exact) mass is 366 g/mol. The largest absolute Gasteiger partial charge is 0.474 e. The van der Waals surface area contributed by atoms with Crippen LogP contribution in [0.25, 0.3) is 11.0 Å². The number of hydrogen-bond donors (Lipinski definition) is 0. The van der Waals surface area contributed by atoms with Crippen LogP contribution in [0, 0.1) is 20.8 Å². The van der Waals surface area contributed by atoms with E-state index in [0.717, 1.165) is 10.9 Å². The molecule has 5 heteroatoms. The first-order chi connectivity index (χ1) is 12.9. The van der Waals surface area contributed by atoms with E-state index in [4.69, 9.17) is 13.9 Å². The number of carbonyl (C=O) groups is 1. The Hall–Kier alpha value is -3.08. The van der Waals surface area contributed by atoms with Crippen LogP contribution >= 0.6 is 0 Å². The standard InChI is InChI=1S/C22H22O5/c1-5-25-22(24)20(16-9-7-6-8-10-16)26-18-12-11-17-13(2)14(3)21(23)27-19(17)15(18)4/h6-12,20H,5H2,1-4H3. The molecule has 5 nitrogen and oxygen atoms in total. The van der Waals surface area contributed by atoms with E-state index in [1.807, 2.05) is 50.2 Å². The maximum atomic E-state index is 12.5. The molecular formula is C22H22O5. The first kappa shape index (κ1) is 18.7. The van der Waals surface area contributed by atoms with Crippen molar-refractivity contribution >= 4 is 16.9 Å². The third-order valence-electron chi connectivity index (χ3n) is 4.67. The Morgan fingerprint density at radius 3 is 2.37 bits per heavy atom. The maximum absolute atomic E-state index is 12.5. The normalized spacial score (nSPS) is 12.0. The molecule has 1 unspecified atom stereocenters. The lowest BCUT2D eigenvalue weighted by molar-refractivity contribution is -0.151. The number of aryl methyl sites for hydroxylation is 2. The number of benzene rings is 2. The van der Waals surface area contributed by atoms with Crippen LogP contribution in [0.15, 0.2) is 51.7 Å². The Morgan fingerprint density at radius 2 is 1.70 bits per heavy atom. The van der Waals surface area contributed by atoms with Crippen molar-refractivity contribution in [2.75, 3.05) is 6.61 Å². The molecule has 2 aromatic carbocycles. The van der Waals surface area contributed by atoms with Crippen LogP contribution in [-0.4, -0.2) is 12.6 Å². The van der Waals surface area contributed by atoms with Crippen LogP contribution in [0.2, 0.25) is 0 Å². The summed E-state index contributed by atoms with van der Waals surface area (Å²) in [6.07, 6.45) is -0.902. The summed E-state index contributed by atoms with van der Waals surface area (Å²) in [5.74, 6) is 0.000505. The molecule has 27 heavy (non-hydrogen) atoms. The lowest BCUT2D eigenvalue weighted by Gasteiger charge is -2.20. The van der Waals surface area contributed by atoms with Gasteiger partial charge in [0.25, 0.3) is 0 Å². The molecule has 0 aliphatic heterocycles. The van der Waals surface area contributed by atoms with Crippen LogP contribution in [-0.2, 0) is 9.53 Å². The lowest BCUT2D eigenvalue weighted by Crippen LogP contribution is -2.21. The smallest absolute Gasteiger partial charge is 0.352 e. The number of rotatable bonds is 5. The van der Waals surface area contributed by atoms with Gasteiger partial charge in [-0.1, -0.05) is 30.3 Å². The summed E-state index contributed by atoms with van der Waals surface area (Å²) in [6.45, 7) is 7.45. The van der Waals surface area contributed by atoms with Gasteiger partial charge in [-0.15, -0.1) is 0 Å². The molecule has 1 aromatic heterocycles. The maximum Gasteiger partial charge on any atom is 0.352 e. The van der Waals surface area contributed by atoms with E-state index < -0.39 is 12.1 Å². The van der Waals surface area contributed by atoms with E-state index in [2.05, 4.69) is 0 Å². The number of esters is 1. The second kappa shape index (κ2) is 7.66. The van der Waals surface area contributed by atoms with Gasteiger partial charge in [0, 0.05) is 22.1 Å². The minimum Gasteiger partial charge on any atom is -0.474 e. The van der Waals surface area contributed by atoms with Gasteiger partial charge in [-0.2, -0.15) is 0 Å². The fourth-order valence-electron chi connectivity index (χ4n) is 2.98. The first-order valence-electron chi connectivity index (χ1n) is 8.85. The van der Waals surface area contributed by atoms with Crippen LogP contribution in [0.5, 0.6) is 5.75 Å². The molecular weight excluding hydrogens is 344 g/mol. The molecule has 0 radical (unpaired) electrons. The Morgan fingerprint density at radius 1 is 1.00 bits per heavy atom. The minimum absolute atomic E-state index is 0.260. The van der Waals surface area contributed by atoms with E-state index in [0.29, 0.717) is 28.0 Å². The third kappa shape index (κ3) is 3.58. The third-order valence-corrected chi connectivity index (χ3v) is 4.67. The van der Waals surface area contributed by atoms with Crippen molar-refractivity contribution in [2.24, 2.45) is 0 Å². The first-order valence-corrected chi connectivity index (χ1v) is 8.85. The summed E-state index contributed by atoms with van der Waals surface area (Å²) >= 11 is 0. The number of hydrogen-bond acceptors (Lipinski definition) is 5. The van der Waals surface area contributed by atoms with Crippen molar-refractivity contribution in [1.82, 2.24) is 0 Å². The molecule has 0 saturated carbocycles. The quantitative estimate of drug-likeness (QED) is 0.494. The summed E-state index contributed by atoms with van der Waals surface area (Å²) in [4.78, 5) is 24.5. The summed E-state index contributed by atoms with van der Waals surface area (Å²) < 4.78 is 16.7. The number of fused-ring (bicyclic) bond motifs is 1. The van der Waals surface area contributed by atoms with Gasteiger partial charge in [0.2, 0.25) is 6.10 Å². The highest BCUT2D eigenvalue weighted by Crippen LogP contribution is 2.32. The van der Waals surface area contributed by atoms with Crippen molar-refractivity contribution in [3.05, 3.63) is 75.1 Å². The van der Waals surface area contributed by atoms with Gasteiger partial charge in [0.05, 0.1) is 6.61 Å². The highest BCUT2D eigenvalue weighted by molar-refractivity contribution is 5.86. The van der Waals surface area contributed by atoms with Crippen molar-refractivity contribution in [3.8, 4) is 5.75 Å². The van der Waals surface area contributed by atoms with E-state index in [1.54, 1.807) is 19.9 Å². The minimum atomic E-state index is -0.902. The van der Waals surface area contributed by atoms with E-state index in [1.165, 1.54) is 0 Å². The summed E-state index contributed by atoms with van der Waals surface area (Å²) in [6, 6.07) is 12.8. The van der Waals surface area contributed by atoms with E-state index in [9.17, 15) is 9.59 Å². The molecule has 1 heterocycles. The van der Waals surface area contributed by atoms with Crippen LogP contribution in [0.4, 0.5) is 0 Å². The SMILES string of the molecule is CCOC(=O)C(Oc1ccc2c(C)c(C)c(=O)oc2c1C)c1ccccc1. The van der Waals surface area contributed by atoms with Gasteiger partial charge >= 0.3 is 11.6 Å². The van der Waals surface area contributed by atoms with Crippen LogP contribution in [0.3, 0.4) is 0 Å². The predicted molar refractivity (Wildman–Crippen MR) is 103 cm³/mol. The summed E-state index contributed by atoms with van der Waals surface area (Å²) in [7, 11) is 0. The number of ether oxygens (including phenoxy) is 2. The van der Waals surface area contributed by atoms with E-state index >= 15 is 0 Å². The zero-order valence-corrected chi connectivity index (χ0v) is 15.9. The van der Waals surface area contributed by atoms with Gasteiger partial charge in [0.15, 0.2) is 0 Å². The van der Waals surface area contributed by atoms with Crippen molar-refractivity contribution < 1.29 is 18.7 Å². The van der Waals surface area contributed by atoms with Crippen molar-refractivity contribution in [2.45, 2.75) is 33.8 Å². The molecule has 0 amide bonds. The molecule has 3 aromatic rings. The molecule has 3 rings (SSSR count). The molecule has 0 bridgehead atoms. The Bertz CT molecular complexity index is 1030. The molecule has 0 fully saturated rings. The van der Waals surface area contributed by atoms with Gasteiger partial charge < -0.3 is 13.9 Å². The highest BCUT2D eigenvalue weighted by atomic mass is 16.6. The van der Waals surface area contributed by atoms with E-state index in [-0.39, 0.29) is 12.2 Å². The zero-order chi connectivity index (χ0) is 19.6. The van der Waals surface area contributed by atoms with Gasteiger partial charge in [-0.3, -0.25) is 0 Å². The molecule has 0 spiro atoms. The second-order valence-electron chi connectivity index (χ2n) is 6.37. The molecule has 140 valence electrons. The van der Waals surface area contributed by atoms with Gasteiger partial charge in [0.1, 0.15) is 11.3 Å². The average molecular weight is 366 g/mol.